The Hall–Kier alpha value is -1.30. The molecule has 1 atom stereocenters. The van der Waals surface area contributed by atoms with Gasteiger partial charge in [-0.25, -0.2) is 0 Å². The Morgan fingerprint density at radius 3 is 2.71 bits per heavy atom. The number of rotatable bonds is 6. The predicted octanol–water partition coefficient (Wildman–Crippen LogP) is 2.64. The molecule has 6 heteroatoms. The van der Waals surface area contributed by atoms with Gasteiger partial charge in [-0.1, -0.05) is 11.6 Å². The average molecular weight is 355 g/mol. The lowest BCUT2D eigenvalue weighted by Gasteiger charge is -2.41. The van der Waals surface area contributed by atoms with Gasteiger partial charge in [-0.2, -0.15) is 0 Å². The molecular weight excluding hydrogens is 328 g/mol. The van der Waals surface area contributed by atoms with E-state index in [1.54, 1.807) is 19.1 Å². The number of ether oxygens (including phenoxy) is 2. The van der Waals surface area contributed by atoms with Crippen LogP contribution in [0.4, 0.5) is 0 Å². The number of benzene rings is 1. The van der Waals surface area contributed by atoms with Gasteiger partial charge in [0, 0.05) is 30.2 Å². The maximum absolute atomic E-state index is 12.3. The number of carbonyl (C=O) groups excluding carboxylic acids is 1. The monoisotopic (exact) mass is 354 g/mol. The first-order chi connectivity index (χ1) is 11.3. The molecule has 1 N–H and O–H groups in total. The van der Waals surface area contributed by atoms with Gasteiger partial charge in [-0.3, -0.25) is 9.69 Å². The molecule has 1 aliphatic heterocycles. The predicted molar refractivity (Wildman–Crippen MR) is 95.8 cm³/mol. The van der Waals surface area contributed by atoms with Crippen LogP contribution < -0.4 is 10.1 Å². The molecule has 1 amide bonds. The zero-order valence-corrected chi connectivity index (χ0v) is 15.7. The summed E-state index contributed by atoms with van der Waals surface area (Å²) in [6.07, 6.45) is -0.564. The average Bonchev–Trinajstić information content (AvgIpc) is 2.56. The highest BCUT2D eigenvalue weighted by molar-refractivity contribution is 6.30. The molecule has 24 heavy (non-hydrogen) atoms. The van der Waals surface area contributed by atoms with Crippen molar-refractivity contribution in [2.45, 2.75) is 39.3 Å². The summed E-state index contributed by atoms with van der Waals surface area (Å²) in [4.78, 5) is 14.7. The van der Waals surface area contributed by atoms with Gasteiger partial charge in [-0.05, 0) is 51.5 Å². The Bertz CT molecular complexity index is 571. The summed E-state index contributed by atoms with van der Waals surface area (Å²) in [6.45, 7) is 11.8. The Morgan fingerprint density at radius 2 is 2.08 bits per heavy atom. The highest BCUT2D eigenvalue weighted by Crippen LogP contribution is 2.23. The lowest BCUT2D eigenvalue weighted by Crippen LogP contribution is -2.56. The number of hydrogen-bond donors (Lipinski definition) is 1. The van der Waals surface area contributed by atoms with Crippen molar-refractivity contribution in [1.29, 1.82) is 0 Å². The summed E-state index contributed by atoms with van der Waals surface area (Å²) in [6, 6.07) is 5.37. The molecule has 1 aromatic rings. The normalized spacial score (nSPS) is 17.4. The molecule has 0 aliphatic carbocycles. The molecule has 134 valence electrons. The van der Waals surface area contributed by atoms with Gasteiger partial charge in [0.25, 0.3) is 5.91 Å². The van der Waals surface area contributed by atoms with Crippen LogP contribution in [0.15, 0.2) is 18.2 Å². The molecule has 1 unspecified atom stereocenters. The molecule has 1 aliphatic rings. The summed E-state index contributed by atoms with van der Waals surface area (Å²) in [5.74, 6) is 0.556. The molecule has 0 bridgehead atoms. The van der Waals surface area contributed by atoms with E-state index in [2.05, 4.69) is 24.1 Å². The van der Waals surface area contributed by atoms with Gasteiger partial charge in [-0.15, -0.1) is 0 Å². The Balaban J connectivity index is 1.86. The van der Waals surface area contributed by atoms with Gasteiger partial charge in [0.05, 0.1) is 13.2 Å². The van der Waals surface area contributed by atoms with Gasteiger partial charge in [0.1, 0.15) is 5.75 Å². The molecule has 5 nitrogen and oxygen atoms in total. The fourth-order valence-electron chi connectivity index (χ4n) is 2.72. The molecule has 2 rings (SSSR count). The number of amides is 1. The summed E-state index contributed by atoms with van der Waals surface area (Å²) in [5, 5.41) is 3.66. The van der Waals surface area contributed by atoms with E-state index in [0.717, 1.165) is 31.9 Å². The smallest absolute Gasteiger partial charge is 0.260 e. The molecular formula is C18H27ClN2O3. The minimum Gasteiger partial charge on any atom is -0.481 e. The third-order valence-corrected chi connectivity index (χ3v) is 4.61. The van der Waals surface area contributed by atoms with Crippen LogP contribution in [0.25, 0.3) is 0 Å². The molecule has 1 heterocycles. The van der Waals surface area contributed by atoms with Crippen molar-refractivity contribution in [3.63, 3.8) is 0 Å². The van der Waals surface area contributed by atoms with E-state index in [1.807, 2.05) is 13.0 Å². The van der Waals surface area contributed by atoms with Crippen molar-refractivity contribution in [3.05, 3.63) is 28.8 Å². The second-order valence-electron chi connectivity index (χ2n) is 6.80. The van der Waals surface area contributed by atoms with Crippen LogP contribution in [-0.2, 0) is 9.53 Å². The van der Waals surface area contributed by atoms with E-state index in [0.29, 0.717) is 17.3 Å². The van der Waals surface area contributed by atoms with Crippen molar-refractivity contribution in [2.75, 3.05) is 32.8 Å². The highest BCUT2D eigenvalue weighted by Gasteiger charge is 2.29. The van der Waals surface area contributed by atoms with E-state index in [4.69, 9.17) is 21.1 Å². The molecule has 0 aromatic heterocycles. The zero-order chi connectivity index (χ0) is 17.7. The quantitative estimate of drug-likeness (QED) is 0.853. The topological polar surface area (TPSA) is 50.8 Å². The molecule has 0 spiro atoms. The van der Waals surface area contributed by atoms with Crippen molar-refractivity contribution in [3.8, 4) is 5.75 Å². The van der Waals surface area contributed by atoms with E-state index in [-0.39, 0.29) is 11.4 Å². The Kier molecular flexibility index (Phi) is 6.49. The molecule has 1 aromatic carbocycles. The van der Waals surface area contributed by atoms with Crippen LogP contribution in [-0.4, -0.2) is 55.3 Å². The van der Waals surface area contributed by atoms with E-state index >= 15 is 0 Å². The van der Waals surface area contributed by atoms with E-state index in [1.165, 1.54) is 0 Å². The lowest BCUT2D eigenvalue weighted by molar-refractivity contribution is -0.128. The number of morpholine rings is 1. The number of nitrogens with one attached hydrogen (secondary N) is 1. The fourth-order valence-corrected chi connectivity index (χ4v) is 2.94. The fraction of sp³-hybridized carbons (Fsp3) is 0.611. The van der Waals surface area contributed by atoms with Crippen molar-refractivity contribution in [1.82, 2.24) is 10.2 Å². The van der Waals surface area contributed by atoms with Crippen LogP contribution in [0.1, 0.15) is 26.3 Å². The van der Waals surface area contributed by atoms with Crippen LogP contribution >= 0.6 is 11.6 Å². The summed E-state index contributed by atoms with van der Waals surface area (Å²) < 4.78 is 11.2. The Morgan fingerprint density at radius 1 is 1.42 bits per heavy atom. The van der Waals surface area contributed by atoms with Crippen LogP contribution in [0.2, 0.25) is 5.02 Å². The number of hydrogen-bond acceptors (Lipinski definition) is 4. The SMILES string of the molecule is Cc1cc(Cl)ccc1OC(C)C(=O)NCC(C)(C)N1CCOCC1. The minimum absolute atomic E-state index is 0.116. The molecule has 1 fully saturated rings. The number of aryl methyl sites for hydroxylation is 1. The van der Waals surface area contributed by atoms with Gasteiger partial charge in [0.2, 0.25) is 0 Å². The molecule has 1 saturated heterocycles. The van der Waals surface area contributed by atoms with Crippen LogP contribution in [0, 0.1) is 6.92 Å². The first kappa shape index (κ1) is 19.0. The first-order valence-electron chi connectivity index (χ1n) is 8.33. The van der Waals surface area contributed by atoms with Gasteiger partial charge < -0.3 is 14.8 Å². The van der Waals surface area contributed by atoms with Crippen molar-refractivity contribution < 1.29 is 14.3 Å². The van der Waals surface area contributed by atoms with Crippen molar-refractivity contribution >= 4 is 17.5 Å². The maximum atomic E-state index is 12.3. The van der Waals surface area contributed by atoms with Crippen LogP contribution in [0.5, 0.6) is 5.75 Å². The van der Waals surface area contributed by atoms with Crippen LogP contribution in [0.3, 0.4) is 0 Å². The second-order valence-corrected chi connectivity index (χ2v) is 7.24. The van der Waals surface area contributed by atoms with E-state index < -0.39 is 6.10 Å². The standard InChI is InChI=1S/C18H27ClN2O3/c1-13-11-15(19)5-6-16(13)24-14(2)17(22)20-12-18(3,4)21-7-9-23-10-8-21/h5-6,11,14H,7-10,12H2,1-4H3,(H,20,22). The number of carbonyl (C=O) groups is 1. The number of nitrogens with zero attached hydrogens (tertiary/aromatic N) is 1. The third-order valence-electron chi connectivity index (χ3n) is 4.37. The molecule has 0 radical (unpaired) electrons. The largest absolute Gasteiger partial charge is 0.481 e. The minimum atomic E-state index is -0.564. The lowest BCUT2D eigenvalue weighted by atomic mass is 10.0. The Labute approximate surface area is 149 Å². The zero-order valence-electron chi connectivity index (χ0n) is 14.9. The van der Waals surface area contributed by atoms with Crippen molar-refractivity contribution in [2.24, 2.45) is 0 Å². The van der Waals surface area contributed by atoms with Gasteiger partial charge in [0.15, 0.2) is 6.10 Å². The number of halogens is 1. The second kappa shape index (κ2) is 8.19. The summed E-state index contributed by atoms with van der Waals surface area (Å²) in [5.41, 5.74) is 0.797. The highest BCUT2D eigenvalue weighted by atomic mass is 35.5. The van der Waals surface area contributed by atoms with Gasteiger partial charge >= 0.3 is 0 Å². The van der Waals surface area contributed by atoms with E-state index in [9.17, 15) is 4.79 Å². The maximum Gasteiger partial charge on any atom is 0.260 e. The third kappa shape index (κ3) is 5.10. The summed E-state index contributed by atoms with van der Waals surface area (Å²) in [7, 11) is 0. The summed E-state index contributed by atoms with van der Waals surface area (Å²) >= 11 is 5.94. The first-order valence-corrected chi connectivity index (χ1v) is 8.71. The molecule has 0 saturated carbocycles.